The zero-order valence-corrected chi connectivity index (χ0v) is 13.1. The third kappa shape index (κ3) is 3.49. The van der Waals surface area contributed by atoms with Gasteiger partial charge in [-0.05, 0) is 61.6 Å². The van der Waals surface area contributed by atoms with Gasteiger partial charge in [-0.1, -0.05) is 48.9 Å². The van der Waals surface area contributed by atoms with Gasteiger partial charge in [0, 0.05) is 6.54 Å². The highest BCUT2D eigenvalue weighted by molar-refractivity contribution is 5.71. The second-order valence-corrected chi connectivity index (χ2v) is 5.64. The van der Waals surface area contributed by atoms with Crippen LogP contribution >= 0.6 is 0 Å². The summed E-state index contributed by atoms with van der Waals surface area (Å²) >= 11 is 0. The number of aryl methyl sites for hydroxylation is 3. The van der Waals surface area contributed by atoms with Gasteiger partial charge in [0.1, 0.15) is 0 Å². The van der Waals surface area contributed by atoms with E-state index >= 15 is 0 Å². The van der Waals surface area contributed by atoms with E-state index in [2.05, 4.69) is 69.4 Å². The Morgan fingerprint density at radius 3 is 2.10 bits per heavy atom. The van der Waals surface area contributed by atoms with Crippen molar-refractivity contribution in [1.82, 2.24) is 5.32 Å². The molecule has 0 heterocycles. The summed E-state index contributed by atoms with van der Waals surface area (Å²) in [6.07, 6.45) is 1.18. The number of nitrogens with one attached hydrogen (secondary N) is 1. The molecule has 0 aliphatic heterocycles. The fraction of sp³-hybridized carbons (Fsp3) is 0.368. The average Bonchev–Trinajstić information content (AvgIpc) is 2.40. The van der Waals surface area contributed by atoms with Gasteiger partial charge in [0.25, 0.3) is 0 Å². The van der Waals surface area contributed by atoms with Crippen LogP contribution in [0.3, 0.4) is 0 Å². The lowest BCUT2D eigenvalue weighted by atomic mass is 9.94. The van der Waals surface area contributed by atoms with Crippen LogP contribution in [-0.4, -0.2) is 6.54 Å². The van der Waals surface area contributed by atoms with Crippen molar-refractivity contribution in [1.29, 1.82) is 0 Å². The van der Waals surface area contributed by atoms with Crippen LogP contribution in [0.4, 0.5) is 0 Å². The molecule has 106 valence electrons. The maximum Gasteiger partial charge on any atom is 0.0205 e. The zero-order valence-electron chi connectivity index (χ0n) is 13.1. The molecule has 1 N–H and O–H groups in total. The highest BCUT2D eigenvalue weighted by atomic mass is 14.8. The van der Waals surface area contributed by atoms with Crippen molar-refractivity contribution in [3.05, 3.63) is 58.7 Å². The maximum atomic E-state index is 3.46. The third-order valence-corrected chi connectivity index (χ3v) is 3.72. The third-order valence-electron chi connectivity index (χ3n) is 3.72. The minimum Gasteiger partial charge on any atom is -0.313 e. The van der Waals surface area contributed by atoms with Gasteiger partial charge >= 0.3 is 0 Å². The van der Waals surface area contributed by atoms with Gasteiger partial charge in [0.05, 0.1) is 0 Å². The van der Waals surface area contributed by atoms with Crippen LogP contribution in [0.5, 0.6) is 0 Å². The standard InChI is InChI=1S/C19H25N/c1-5-10-20-13-17-7-9-19(16(4)12-17)18-8-6-14(2)11-15(18)3/h6-9,11-12,20H,5,10,13H2,1-4H3. The molecule has 0 amide bonds. The summed E-state index contributed by atoms with van der Waals surface area (Å²) in [6, 6.07) is 13.5. The minimum atomic E-state index is 0.960. The van der Waals surface area contributed by atoms with E-state index in [0.29, 0.717) is 0 Å². The van der Waals surface area contributed by atoms with Crippen molar-refractivity contribution in [3.8, 4) is 11.1 Å². The van der Waals surface area contributed by atoms with E-state index in [1.54, 1.807) is 0 Å². The second-order valence-electron chi connectivity index (χ2n) is 5.64. The number of hydrogen-bond donors (Lipinski definition) is 1. The van der Waals surface area contributed by atoms with Crippen molar-refractivity contribution in [2.45, 2.75) is 40.7 Å². The molecule has 0 aliphatic carbocycles. The van der Waals surface area contributed by atoms with Crippen molar-refractivity contribution < 1.29 is 0 Å². The highest BCUT2D eigenvalue weighted by Gasteiger charge is 2.06. The van der Waals surface area contributed by atoms with Crippen LogP contribution in [0, 0.1) is 20.8 Å². The van der Waals surface area contributed by atoms with E-state index in [-0.39, 0.29) is 0 Å². The Hall–Kier alpha value is -1.60. The molecule has 0 bridgehead atoms. The fourth-order valence-electron chi connectivity index (χ4n) is 2.66. The summed E-state index contributed by atoms with van der Waals surface area (Å²) in [7, 11) is 0. The Balaban J connectivity index is 2.25. The molecular formula is C19H25N. The van der Waals surface area contributed by atoms with E-state index in [1.165, 1.54) is 39.8 Å². The van der Waals surface area contributed by atoms with Gasteiger partial charge in [0.2, 0.25) is 0 Å². The summed E-state index contributed by atoms with van der Waals surface area (Å²) in [4.78, 5) is 0. The first-order chi connectivity index (χ1) is 9.61. The molecule has 0 aromatic heterocycles. The summed E-state index contributed by atoms with van der Waals surface area (Å²) in [5.41, 5.74) is 8.09. The van der Waals surface area contributed by atoms with Crippen LogP contribution in [0.2, 0.25) is 0 Å². The van der Waals surface area contributed by atoms with E-state index in [1.807, 2.05) is 0 Å². The van der Waals surface area contributed by atoms with Crippen LogP contribution in [0.15, 0.2) is 36.4 Å². The number of hydrogen-bond acceptors (Lipinski definition) is 1. The predicted octanol–water partition coefficient (Wildman–Crippen LogP) is 4.78. The van der Waals surface area contributed by atoms with E-state index in [4.69, 9.17) is 0 Å². The largest absolute Gasteiger partial charge is 0.313 e. The van der Waals surface area contributed by atoms with Gasteiger partial charge in [0.15, 0.2) is 0 Å². The summed E-state index contributed by atoms with van der Waals surface area (Å²) in [5.74, 6) is 0. The molecule has 0 radical (unpaired) electrons. The molecule has 0 aliphatic rings. The molecule has 0 saturated heterocycles. The average molecular weight is 267 g/mol. The maximum absolute atomic E-state index is 3.46. The topological polar surface area (TPSA) is 12.0 Å². The predicted molar refractivity (Wildman–Crippen MR) is 88.1 cm³/mol. The molecule has 0 unspecified atom stereocenters. The highest BCUT2D eigenvalue weighted by Crippen LogP contribution is 2.27. The van der Waals surface area contributed by atoms with E-state index in [0.717, 1.165) is 13.1 Å². The zero-order chi connectivity index (χ0) is 14.5. The molecule has 1 nitrogen and oxygen atoms in total. The Kier molecular flexibility index (Phi) is 4.97. The van der Waals surface area contributed by atoms with Crippen LogP contribution in [0.1, 0.15) is 35.6 Å². The normalized spacial score (nSPS) is 10.8. The monoisotopic (exact) mass is 267 g/mol. The fourth-order valence-corrected chi connectivity index (χ4v) is 2.66. The smallest absolute Gasteiger partial charge is 0.0205 e. The van der Waals surface area contributed by atoms with E-state index < -0.39 is 0 Å². The van der Waals surface area contributed by atoms with Gasteiger partial charge in [-0.25, -0.2) is 0 Å². The lowest BCUT2D eigenvalue weighted by molar-refractivity contribution is 0.675. The Morgan fingerprint density at radius 2 is 1.50 bits per heavy atom. The first-order valence-corrected chi connectivity index (χ1v) is 7.49. The van der Waals surface area contributed by atoms with Crippen LogP contribution in [-0.2, 0) is 6.54 Å². The van der Waals surface area contributed by atoms with Crippen molar-refractivity contribution >= 4 is 0 Å². The van der Waals surface area contributed by atoms with E-state index in [9.17, 15) is 0 Å². The molecule has 2 aromatic carbocycles. The first kappa shape index (κ1) is 14.8. The van der Waals surface area contributed by atoms with Gasteiger partial charge < -0.3 is 5.32 Å². The lowest BCUT2D eigenvalue weighted by Gasteiger charge is -2.12. The number of benzene rings is 2. The van der Waals surface area contributed by atoms with Crippen molar-refractivity contribution in [2.75, 3.05) is 6.54 Å². The molecule has 2 rings (SSSR count). The molecule has 0 atom stereocenters. The van der Waals surface area contributed by atoms with Crippen molar-refractivity contribution in [3.63, 3.8) is 0 Å². The molecule has 0 saturated carbocycles. The van der Waals surface area contributed by atoms with Crippen LogP contribution in [0.25, 0.3) is 11.1 Å². The molecule has 1 heteroatoms. The van der Waals surface area contributed by atoms with Gasteiger partial charge in [-0.15, -0.1) is 0 Å². The summed E-state index contributed by atoms with van der Waals surface area (Å²) in [5, 5.41) is 3.46. The summed E-state index contributed by atoms with van der Waals surface area (Å²) < 4.78 is 0. The van der Waals surface area contributed by atoms with Crippen molar-refractivity contribution in [2.24, 2.45) is 0 Å². The Labute approximate surface area is 123 Å². The summed E-state index contributed by atoms with van der Waals surface area (Å²) in [6.45, 7) is 10.8. The molecule has 2 aromatic rings. The minimum absolute atomic E-state index is 0.960. The van der Waals surface area contributed by atoms with Crippen LogP contribution < -0.4 is 5.32 Å². The van der Waals surface area contributed by atoms with Gasteiger partial charge in [-0.3, -0.25) is 0 Å². The number of rotatable bonds is 5. The Morgan fingerprint density at radius 1 is 0.850 bits per heavy atom. The lowest BCUT2D eigenvalue weighted by Crippen LogP contribution is -2.13. The first-order valence-electron chi connectivity index (χ1n) is 7.49. The molecule has 0 spiro atoms. The SMILES string of the molecule is CCCNCc1ccc(-c2ccc(C)cc2C)c(C)c1. The Bertz CT molecular complexity index is 584. The molecular weight excluding hydrogens is 242 g/mol. The molecule has 20 heavy (non-hydrogen) atoms. The molecule has 0 fully saturated rings. The quantitative estimate of drug-likeness (QED) is 0.769. The second kappa shape index (κ2) is 6.71. The van der Waals surface area contributed by atoms with Gasteiger partial charge in [-0.2, -0.15) is 0 Å².